The minimum Gasteiger partial charge on any atom is -0.490 e. The van der Waals surface area contributed by atoms with Crippen LogP contribution in [0.3, 0.4) is 0 Å². The zero-order chi connectivity index (χ0) is 19.8. The molecule has 0 bridgehead atoms. The van der Waals surface area contributed by atoms with Gasteiger partial charge < -0.3 is 14.6 Å². The lowest BCUT2D eigenvalue weighted by Gasteiger charge is -2.16. The third-order valence-electron chi connectivity index (χ3n) is 4.40. The first-order chi connectivity index (χ1) is 12.7. The highest BCUT2D eigenvalue weighted by Crippen LogP contribution is 2.32. The minimum atomic E-state index is -4.13. The first-order valence-electron chi connectivity index (χ1n) is 8.35. The number of sulfonamides is 1. The number of fused-ring (bicyclic) bond motifs is 1. The number of hydrogen-bond donors (Lipinski definition) is 2. The number of nitrogens with one attached hydrogen (secondary N) is 1. The molecule has 9 nitrogen and oxygen atoms in total. The van der Waals surface area contributed by atoms with E-state index < -0.39 is 22.0 Å². The second kappa shape index (κ2) is 7.20. The Balaban J connectivity index is 1.96. The largest absolute Gasteiger partial charge is 0.490 e. The lowest BCUT2D eigenvalue weighted by molar-refractivity contribution is -0.139. The molecule has 3 rings (SSSR count). The third-order valence-corrected chi connectivity index (χ3v) is 5.82. The lowest BCUT2D eigenvalue weighted by Crippen LogP contribution is -2.34. The first-order valence-corrected chi connectivity index (χ1v) is 9.84. The molecule has 2 N–H and O–H groups in total. The molecule has 1 aliphatic rings. The van der Waals surface area contributed by atoms with Crippen LogP contribution in [0.5, 0.6) is 11.5 Å². The molecule has 0 aliphatic carbocycles. The molecule has 1 atom stereocenters. The van der Waals surface area contributed by atoms with Gasteiger partial charge in [-0.15, -0.1) is 0 Å². The van der Waals surface area contributed by atoms with Crippen LogP contribution in [0.4, 0.5) is 0 Å². The van der Waals surface area contributed by atoms with Gasteiger partial charge in [0, 0.05) is 30.8 Å². The molecule has 0 saturated heterocycles. The fourth-order valence-corrected chi connectivity index (χ4v) is 4.15. The molecule has 1 aliphatic heterocycles. The molecule has 2 aromatic rings. The summed E-state index contributed by atoms with van der Waals surface area (Å²) in [5.74, 6) is -0.539. The van der Waals surface area contributed by atoms with Gasteiger partial charge in [0.2, 0.25) is 10.0 Å². The number of aromatic nitrogens is 2. The Bertz CT molecular complexity index is 983. The molecular formula is C17H21N3O6S. The van der Waals surface area contributed by atoms with Gasteiger partial charge in [0.1, 0.15) is 6.04 Å². The van der Waals surface area contributed by atoms with Crippen molar-refractivity contribution in [2.75, 3.05) is 13.2 Å². The maximum atomic E-state index is 12.8. The molecule has 0 spiro atoms. The number of carboxylic acids is 1. The Morgan fingerprint density at radius 1 is 1.26 bits per heavy atom. The summed E-state index contributed by atoms with van der Waals surface area (Å²) in [6, 6.07) is 2.74. The van der Waals surface area contributed by atoms with E-state index >= 15 is 0 Å². The van der Waals surface area contributed by atoms with E-state index in [0.717, 1.165) is 0 Å². The highest BCUT2D eigenvalue weighted by Gasteiger charge is 2.32. The number of rotatable bonds is 5. The van der Waals surface area contributed by atoms with Crippen molar-refractivity contribution < 1.29 is 27.8 Å². The summed E-state index contributed by atoms with van der Waals surface area (Å²) in [6.07, 6.45) is 0.690. The van der Waals surface area contributed by atoms with Crippen LogP contribution in [0.15, 0.2) is 23.1 Å². The van der Waals surface area contributed by atoms with Crippen molar-refractivity contribution in [2.45, 2.75) is 31.2 Å². The van der Waals surface area contributed by atoms with Crippen LogP contribution in [0, 0.1) is 13.8 Å². The van der Waals surface area contributed by atoms with Gasteiger partial charge >= 0.3 is 5.97 Å². The maximum absolute atomic E-state index is 12.8. The topological polar surface area (TPSA) is 120 Å². The van der Waals surface area contributed by atoms with Crippen LogP contribution < -0.4 is 14.2 Å². The number of ether oxygens (including phenoxy) is 2. The van der Waals surface area contributed by atoms with E-state index in [-0.39, 0.29) is 4.90 Å². The van der Waals surface area contributed by atoms with Crippen LogP contribution in [0.1, 0.15) is 29.4 Å². The standard InChI is InChI=1S/C17H21N3O6S/c1-10-15(11(2)20(3)18-10)16(17(21)22)19-27(23,24)12-5-6-13-14(9-12)26-8-4-7-25-13/h5-6,9,16,19H,4,7-8H2,1-3H3,(H,21,22). The van der Waals surface area contributed by atoms with E-state index in [0.29, 0.717) is 48.1 Å². The number of benzene rings is 1. The first kappa shape index (κ1) is 19.2. The molecule has 10 heteroatoms. The minimum absolute atomic E-state index is 0.0998. The average molecular weight is 395 g/mol. The van der Waals surface area contributed by atoms with Crippen LogP contribution in [-0.2, 0) is 21.9 Å². The third kappa shape index (κ3) is 3.76. The molecule has 1 aromatic carbocycles. The Hall–Kier alpha value is -2.59. The molecule has 0 radical (unpaired) electrons. The fraction of sp³-hybridized carbons (Fsp3) is 0.412. The lowest BCUT2D eigenvalue weighted by atomic mass is 10.1. The van der Waals surface area contributed by atoms with Gasteiger partial charge in [-0.3, -0.25) is 9.48 Å². The molecule has 0 fully saturated rings. The summed E-state index contributed by atoms with van der Waals surface area (Å²) in [6.45, 7) is 4.22. The molecule has 0 amide bonds. The molecule has 1 aromatic heterocycles. The van der Waals surface area contributed by atoms with Crippen molar-refractivity contribution >= 4 is 16.0 Å². The number of hydrogen-bond acceptors (Lipinski definition) is 6. The highest BCUT2D eigenvalue weighted by molar-refractivity contribution is 7.89. The van der Waals surface area contributed by atoms with Crippen LogP contribution >= 0.6 is 0 Å². The van der Waals surface area contributed by atoms with E-state index in [1.165, 1.54) is 22.9 Å². The second-order valence-corrected chi connectivity index (χ2v) is 7.97. The van der Waals surface area contributed by atoms with Gasteiger partial charge in [-0.2, -0.15) is 9.82 Å². The monoisotopic (exact) mass is 395 g/mol. The van der Waals surface area contributed by atoms with E-state index in [1.54, 1.807) is 20.9 Å². The second-order valence-electron chi connectivity index (χ2n) is 6.26. The van der Waals surface area contributed by atoms with Gasteiger partial charge in [-0.1, -0.05) is 0 Å². The molecule has 0 saturated carbocycles. The van der Waals surface area contributed by atoms with Crippen LogP contribution in [-0.4, -0.2) is 42.5 Å². The van der Waals surface area contributed by atoms with Gasteiger partial charge in [0.05, 0.1) is 23.8 Å². The predicted molar refractivity (Wildman–Crippen MR) is 95.4 cm³/mol. The van der Waals surface area contributed by atoms with Crippen molar-refractivity contribution in [2.24, 2.45) is 7.05 Å². The van der Waals surface area contributed by atoms with E-state index in [9.17, 15) is 18.3 Å². The highest BCUT2D eigenvalue weighted by atomic mass is 32.2. The summed E-state index contributed by atoms with van der Waals surface area (Å²) in [5.41, 5.74) is 1.34. The smallest absolute Gasteiger partial charge is 0.326 e. The molecule has 1 unspecified atom stereocenters. The van der Waals surface area contributed by atoms with E-state index in [1.807, 2.05) is 0 Å². The van der Waals surface area contributed by atoms with Gasteiger partial charge in [0.15, 0.2) is 11.5 Å². The van der Waals surface area contributed by atoms with Crippen molar-refractivity contribution in [3.8, 4) is 11.5 Å². The Morgan fingerprint density at radius 3 is 2.52 bits per heavy atom. The number of carbonyl (C=O) groups is 1. The van der Waals surface area contributed by atoms with Crippen molar-refractivity contribution in [3.05, 3.63) is 35.2 Å². The fourth-order valence-electron chi connectivity index (χ4n) is 2.97. The van der Waals surface area contributed by atoms with Crippen LogP contribution in [0.25, 0.3) is 0 Å². The maximum Gasteiger partial charge on any atom is 0.326 e. The normalized spacial score (nSPS) is 15.2. The summed E-state index contributed by atoms with van der Waals surface area (Å²) in [4.78, 5) is 11.7. The Labute approximate surface area is 157 Å². The SMILES string of the molecule is Cc1nn(C)c(C)c1C(NS(=O)(=O)c1ccc2c(c1)OCCCO2)C(=O)O. The van der Waals surface area contributed by atoms with E-state index in [4.69, 9.17) is 9.47 Å². The van der Waals surface area contributed by atoms with Gasteiger partial charge in [0.25, 0.3) is 0 Å². The Morgan fingerprint density at radius 2 is 1.93 bits per heavy atom. The number of aryl methyl sites for hydroxylation is 2. The number of aliphatic carboxylic acids is 1. The van der Waals surface area contributed by atoms with Crippen molar-refractivity contribution in [3.63, 3.8) is 0 Å². The number of nitrogens with zero attached hydrogens (tertiary/aromatic N) is 2. The van der Waals surface area contributed by atoms with Crippen molar-refractivity contribution in [1.82, 2.24) is 14.5 Å². The number of carboxylic acid groups (broad SMARTS) is 1. The summed E-state index contributed by atoms with van der Waals surface area (Å²) in [5, 5.41) is 13.8. The summed E-state index contributed by atoms with van der Waals surface area (Å²) in [7, 11) is -2.46. The zero-order valence-electron chi connectivity index (χ0n) is 15.2. The molecule has 2 heterocycles. The summed E-state index contributed by atoms with van der Waals surface area (Å²) >= 11 is 0. The summed E-state index contributed by atoms with van der Waals surface area (Å²) < 4.78 is 40.4. The van der Waals surface area contributed by atoms with Crippen LogP contribution in [0.2, 0.25) is 0 Å². The zero-order valence-corrected chi connectivity index (χ0v) is 16.0. The predicted octanol–water partition coefficient (Wildman–Crippen LogP) is 1.30. The molecule has 27 heavy (non-hydrogen) atoms. The quantitative estimate of drug-likeness (QED) is 0.783. The Kier molecular flexibility index (Phi) is 5.11. The van der Waals surface area contributed by atoms with E-state index in [2.05, 4.69) is 9.82 Å². The average Bonchev–Trinajstić information content (AvgIpc) is 2.79. The van der Waals surface area contributed by atoms with Gasteiger partial charge in [-0.25, -0.2) is 8.42 Å². The van der Waals surface area contributed by atoms with Gasteiger partial charge in [-0.05, 0) is 26.0 Å². The molecular weight excluding hydrogens is 374 g/mol. The van der Waals surface area contributed by atoms with Crippen molar-refractivity contribution in [1.29, 1.82) is 0 Å². The molecule has 146 valence electrons.